The maximum absolute atomic E-state index is 11.8. The molecule has 2 amide bonds. The SMILES string of the molecule is CCCC(=O)NCC(=O)NC1(CC(=O)O)CCOCC1. The van der Waals surface area contributed by atoms with Gasteiger partial charge in [0.05, 0.1) is 18.5 Å². The zero-order chi connectivity index (χ0) is 15.0. The van der Waals surface area contributed by atoms with E-state index in [0.29, 0.717) is 38.9 Å². The number of rotatable bonds is 7. The van der Waals surface area contributed by atoms with Crippen molar-refractivity contribution in [2.75, 3.05) is 19.8 Å². The summed E-state index contributed by atoms with van der Waals surface area (Å²) in [5.74, 6) is -1.50. The third-order valence-electron chi connectivity index (χ3n) is 3.27. The Hall–Kier alpha value is -1.63. The topological polar surface area (TPSA) is 105 Å². The second-order valence-corrected chi connectivity index (χ2v) is 5.04. The van der Waals surface area contributed by atoms with Gasteiger partial charge in [-0.05, 0) is 19.3 Å². The van der Waals surface area contributed by atoms with E-state index in [1.54, 1.807) is 0 Å². The van der Waals surface area contributed by atoms with Crippen LogP contribution in [0, 0.1) is 0 Å². The Morgan fingerprint density at radius 1 is 1.20 bits per heavy atom. The largest absolute Gasteiger partial charge is 0.481 e. The minimum Gasteiger partial charge on any atom is -0.481 e. The highest BCUT2D eigenvalue weighted by Gasteiger charge is 2.36. The fourth-order valence-corrected chi connectivity index (χ4v) is 2.23. The molecule has 114 valence electrons. The standard InChI is InChI=1S/C13H22N2O5/c1-2-3-10(16)14-9-11(17)15-13(8-12(18)19)4-6-20-7-5-13/h2-9H2,1H3,(H,14,16)(H,15,17)(H,18,19). The number of hydrogen-bond acceptors (Lipinski definition) is 4. The van der Waals surface area contributed by atoms with Gasteiger partial charge in [-0.25, -0.2) is 0 Å². The van der Waals surface area contributed by atoms with Crippen molar-refractivity contribution in [1.29, 1.82) is 0 Å². The third kappa shape index (κ3) is 5.56. The molecule has 1 heterocycles. The molecule has 7 nitrogen and oxygen atoms in total. The highest BCUT2D eigenvalue weighted by Crippen LogP contribution is 2.24. The highest BCUT2D eigenvalue weighted by molar-refractivity contribution is 5.85. The van der Waals surface area contributed by atoms with Crippen molar-refractivity contribution < 1.29 is 24.2 Å². The van der Waals surface area contributed by atoms with Gasteiger partial charge in [-0.2, -0.15) is 0 Å². The molecule has 0 aromatic heterocycles. The lowest BCUT2D eigenvalue weighted by atomic mass is 9.86. The molecule has 3 N–H and O–H groups in total. The first-order valence-corrected chi connectivity index (χ1v) is 6.85. The van der Waals surface area contributed by atoms with Crippen LogP contribution in [-0.4, -0.2) is 48.2 Å². The minimum atomic E-state index is -0.956. The van der Waals surface area contributed by atoms with E-state index in [-0.39, 0.29) is 24.8 Å². The van der Waals surface area contributed by atoms with Crippen LogP contribution in [0.25, 0.3) is 0 Å². The third-order valence-corrected chi connectivity index (χ3v) is 3.27. The van der Waals surface area contributed by atoms with Gasteiger partial charge in [-0.15, -0.1) is 0 Å². The first kappa shape index (κ1) is 16.4. The highest BCUT2D eigenvalue weighted by atomic mass is 16.5. The Morgan fingerprint density at radius 3 is 2.40 bits per heavy atom. The molecule has 1 rings (SSSR count). The summed E-state index contributed by atoms with van der Waals surface area (Å²) in [4.78, 5) is 34.1. The smallest absolute Gasteiger partial charge is 0.305 e. The van der Waals surface area contributed by atoms with Gasteiger partial charge in [0.25, 0.3) is 0 Å². The van der Waals surface area contributed by atoms with E-state index >= 15 is 0 Å². The van der Waals surface area contributed by atoms with Gasteiger partial charge < -0.3 is 20.5 Å². The Labute approximate surface area is 118 Å². The van der Waals surface area contributed by atoms with Crippen molar-refractivity contribution in [3.8, 4) is 0 Å². The van der Waals surface area contributed by atoms with E-state index in [4.69, 9.17) is 9.84 Å². The molecule has 0 aliphatic carbocycles. The summed E-state index contributed by atoms with van der Waals surface area (Å²) in [6.07, 6.45) is 1.89. The van der Waals surface area contributed by atoms with Gasteiger partial charge in [0, 0.05) is 19.6 Å². The number of carbonyl (C=O) groups is 3. The van der Waals surface area contributed by atoms with E-state index in [9.17, 15) is 14.4 Å². The van der Waals surface area contributed by atoms with Gasteiger partial charge in [0.1, 0.15) is 0 Å². The lowest BCUT2D eigenvalue weighted by molar-refractivity contribution is -0.140. The molecule has 0 bridgehead atoms. The summed E-state index contributed by atoms with van der Waals surface area (Å²) < 4.78 is 5.20. The van der Waals surface area contributed by atoms with Gasteiger partial charge in [0.2, 0.25) is 11.8 Å². The van der Waals surface area contributed by atoms with Crippen LogP contribution in [0.4, 0.5) is 0 Å². The summed E-state index contributed by atoms with van der Waals surface area (Å²) in [5, 5.41) is 14.2. The van der Waals surface area contributed by atoms with Gasteiger partial charge >= 0.3 is 5.97 Å². The molecular weight excluding hydrogens is 264 g/mol. The lowest BCUT2D eigenvalue weighted by Crippen LogP contribution is -2.55. The lowest BCUT2D eigenvalue weighted by Gasteiger charge is -2.36. The second-order valence-electron chi connectivity index (χ2n) is 5.04. The molecule has 0 atom stereocenters. The number of amides is 2. The average molecular weight is 286 g/mol. The number of carbonyl (C=O) groups excluding carboxylic acids is 2. The fraction of sp³-hybridized carbons (Fsp3) is 0.769. The maximum atomic E-state index is 11.8. The molecule has 0 spiro atoms. The molecule has 0 radical (unpaired) electrons. The van der Waals surface area contributed by atoms with Crippen LogP contribution in [0.1, 0.15) is 39.0 Å². The number of carboxylic acid groups (broad SMARTS) is 1. The molecule has 0 saturated carbocycles. The number of ether oxygens (including phenoxy) is 1. The number of carboxylic acids is 1. The van der Waals surface area contributed by atoms with Crippen LogP contribution in [0.15, 0.2) is 0 Å². The summed E-state index contributed by atoms with van der Waals surface area (Å²) in [6, 6.07) is 0. The van der Waals surface area contributed by atoms with Crippen LogP contribution in [0.5, 0.6) is 0 Å². The maximum Gasteiger partial charge on any atom is 0.305 e. The second kappa shape index (κ2) is 7.84. The summed E-state index contributed by atoms with van der Waals surface area (Å²) >= 11 is 0. The van der Waals surface area contributed by atoms with Crippen LogP contribution in [0.3, 0.4) is 0 Å². The zero-order valence-corrected chi connectivity index (χ0v) is 11.7. The summed E-state index contributed by atoms with van der Waals surface area (Å²) in [7, 11) is 0. The van der Waals surface area contributed by atoms with E-state index in [2.05, 4.69) is 10.6 Å². The molecule has 7 heteroatoms. The fourth-order valence-electron chi connectivity index (χ4n) is 2.23. The Kier molecular flexibility index (Phi) is 6.44. The van der Waals surface area contributed by atoms with Crippen LogP contribution < -0.4 is 10.6 Å². The minimum absolute atomic E-state index is 0.124. The van der Waals surface area contributed by atoms with Crippen molar-refractivity contribution in [2.24, 2.45) is 0 Å². The summed E-state index contributed by atoms with van der Waals surface area (Å²) in [6.45, 7) is 2.61. The monoisotopic (exact) mass is 286 g/mol. The molecule has 1 saturated heterocycles. The van der Waals surface area contributed by atoms with E-state index < -0.39 is 11.5 Å². The van der Waals surface area contributed by atoms with Gasteiger partial charge in [-0.1, -0.05) is 6.92 Å². The van der Waals surface area contributed by atoms with Gasteiger partial charge in [0.15, 0.2) is 0 Å². The summed E-state index contributed by atoms with van der Waals surface area (Å²) in [5.41, 5.74) is -0.767. The molecule has 0 aromatic rings. The molecule has 0 unspecified atom stereocenters. The normalized spacial score (nSPS) is 17.2. The molecule has 1 aliphatic rings. The number of aliphatic carboxylic acids is 1. The molecule has 0 aromatic carbocycles. The van der Waals surface area contributed by atoms with Gasteiger partial charge in [-0.3, -0.25) is 14.4 Å². The number of hydrogen-bond donors (Lipinski definition) is 3. The van der Waals surface area contributed by atoms with Crippen LogP contribution >= 0.6 is 0 Å². The quantitative estimate of drug-likeness (QED) is 0.613. The van der Waals surface area contributed by atoms with Crippen LogP contribution in [0.2, 0.25) is 0 Å². The van der Waals surface area contributed by atoms with E-state index in [0.717, 1.165) is 0 Å². The molecule has 1 fully saturated rings. The predicted octanol–water partition coefficient (Wildman–Crippen LogP) is 0.0428. The first-order chi connectivity index (χ1) is 9.47. The first-order valence-electron chi connectivity index (χ1n) is 6.85. The zero-order valence-electron chi connectivity index (χ0n) is 11.7. The Balaban J connectivity index is 2.49. The van der Waals surface area contributed by atoms with Crippen molar-refractivity contribution in [1.82, 2.24) is 10.6 Å². The van der Waals surface area contributed by atoms with Crippen molar-refractivity contribution in [3.05, 3.63) is 0 Å². The molecule has 20 heavy (non-hydrogen) atoms. The molecule has 1 aliphatic heterocycles. The molecular formula is C13H22N2O5. The number of nitrogens with one attached hydrogen (secondary N) is 2. The van der Waals surface area contributed by atoms with E-state index in [1.807, 2.05) is 6.92 Å². The van der Waals surface area contributed by atoms with E-state index in [1.165, 1.54) is 0 Å². The predicted molar refractivity (Wildman–Crippen MR) is 71.1 cm³/mol. The average Bonchev–Trinajstić information content (AvgIpc) is 2.36. The van der Waals surface area contributed by atoms with Crippen molar-refractivity contribution in [3.63, 3.8) is 0 Å². The van der Waals surface area contributed by atoms with Crippen LogP contribution in [-0.2, 0) is 19.1 Å². The Morgan fingerprint density at radius 2 is 1.85 bits per heavy atom. The van der Waals surface area contributed by atoms with Crippen molar-refractivity contribution >= 4 is 17.8 Å². The Bertz CT molecular complexity index is 364. The van der Waals surface area contributed by atoms with Crippen molar-refractivity contribution in [2.45, 2.75) is 44.6 Å².